The van der Waals surface area contributed by atoms with Crippen molar-refractivity contribution in [2.45, 2.75) is 18.9 Å². The maximum absolute atomic E-state index is 13.7. The van der Waals surface area contributed by atoms with Crippen molar-refractivity contribution in [3.63, 3.8) is 0 Å². The van der Waals surface area contributed by atoms with Gasteiger partial charge in [0.05, 0.1) is 6.04 Å². The zero-order valence-corrected chi connectivity index (χ0v) is 21.0. The lowest BCUT2D eigenvalue weighted by atomic mass is 9.93. The fourth-order valence-electron chi connectivity index (χ4n) is 4.29. The predicted molar refractivity (Wildman–Crippen MR) is 135 cm³/mol. The number of nitrogens with zero attached hydrogens (tertiary/aromatic N) is 2. The van der Waals surface area contributed by atoms with E-state index in [1.165, 1.54) is 10.4 Å². The molecular weight excluding hydrogens is 500 g/mol. The van der Waals surface area contributed by atoms with E-state index in [1.807, 2.05) is 35.2 Å². The molecular formula is C26H27BrN2O3S. The summed E-state index contributed by atoms with van der Waals surface area (Å²) in [5.41, 5.74) is 2.84. The Kier molecular flexibility index (Phi) is 7.96. The average molecular weight is 527 g/mol. The second kappa shape index (κ2) is 11.1. The van der Waals surface area contributed by atoms with Crippen LogP contribution >= 0.6 is 27.3 Å². The number of methoxy groups -OCH3 is 1. The first-order valence-electron chi connectivity index (χ1n) is 11.0. The molecule has 2 heterocycles. The lowest BCUT2D eigenvalue weighted by molar-refractivity contribution is -0.134. The largest absolute Gasteiger partial charge is 0.385 e. The zero-order valence-electron chi connectivity index (χ0n) is 18.6. The van der Waals surface area contributed by atoms with E-state index < -0.39 is 0 Å². The van der Waals surface area contributed by atoms with Crippen LogP contribution in [0.5, 0.6) is 0 Å². The van der Waals surface area contributed by atoms with Gasteiger partial charge in [0.2, 0.25) is 5.91 Å². The zero-order chi connectivity index (χ0) is 23.2. The Morgan fingerprint density at radius 2 is 1.97 bits per heavy atom. The number of rotatable bonds is 8. The van der Waals surface area contributed by atoms with Crippen molar-refractivity contribution in [2.24, 2.45) is 0 Å². The van der Waals surface area contributed by atoms with E-state index in [4.69, 9.17) is 4.74 Å². The Bertz CT molecular complexity index is 1100. The standard InChI is InChI=1S/C26H27BrN2O3S/c1-32-15-6-13-28(26(31)20-9-5-10-21(27)17-20)18-24(30)29-14-11-23-22(12-16-33-23)25(29)19-7-3-2-4-8-19/h2-5,7-10,12,16-17,25H,6,11,13-15,18H2,1H3. The topological polar surface area (TPSA) is 49.9 Å². The normalized spacial score (nSPS) is 15.2. The molecule has 0 bridgehead atoms. The predicted octanol–water partition coefficient (Wildman–Crippen LogP) is 5.16. The molecule has 0 N–H and O–H groups in total. The third-order valence-corrected chi connectivity index (χ3v) is 7.35. The summed E-state index contributed by atoms with van der Waals surface area (Å²) in [5, 5.41) is 2.10. The van der Waals surface area contributed by atoms with E-state index in [0.717, 1.165) is 16.5 Å². The fourth-order valence-corrected chi connectivity index (χ4v) is 5.59. The van der Waals surface area contributed by atoms with Gasteiger partial charge in [0, 0.05) is 41.7 Å². The highest BCUT2D eigenvalue weighted by Crippen LogP contribution is 2.37. The first-order valence-corrected chi connectivity index (χ1v) is 12.7. The minimum atomic E-state index is -0.148. The van der Waals surface area contributed by atoms with Gasteiger partial charge >= 0.3 is 0 Å². The van der Waals surface area contributed by atoms with Gasteiger partial charge < -0.3 is 14.5 Å². The first-order chi connectivity index (χ1) is 16.1. The molecule has 5 nitrogen and oxygen atoms in total. The van der Waals surface area contributed by atoms with E-state index >= 15 is 0 Å². The molecule has 1 aliphatic rings. The molecule has 3 aromatic rings. The number of hydrogen-bond acceptors (Lipinski definition) is 4. The number of carbonyl (C=O) groups is 2. The van der Waals surface area contributed by atoms with E-state index in [2.05, 4.69) is 39.5 Å². The summed E-state index contributed by atoms with van der Waals surface area (Å²) in [6.45, 7) is 1.67. The third kappa shape index (κ3) is 5.54. The molecule has 0 aliphatic carbocycles. The minimum absolute atomic E-state index is 0.0395. The second-order valence-electron chi connectivity index (χ2n) is 8.03. The van der Waals surface area contributed by atoms with Crippen LogP contribution in [0.1, 0.15) is 38.8 Å². The SMILES string of the molecule is COCCCN(CC(=O)N1CCc2sccc2C1c1ccccc1)C(=O)c1cccc(Br)c1. The van der Waals surface area contributed by atoms with Crippen LogP contribution in [0.3, 0.4) is 0 Å². The summed E-state index contributed by atoms with van der Waals surface area (Å²) in [4.78, 5) is 31.9. The van der Waals surface area contributed by atoms with E-state index in [-0.39, 0.29) is 24.4 Å². The molecule has 33 heavy (non-hydrogen) atoms. The molecule has 2 aromatic carbocycles. The number of benzene rings is 2. The highest BCUT2D eigenvalue weighted by Gasteiger charge is 2.34. The molecule has 0 radical (unpaired) electrons. The molecule has 0 spiro atoms. The molecule has 0 fully saturated rings. The summed E-state index contributed by atoms with van der Waals surface area (Å²) >= 11 is 5.18. The van der Waals surface area contributed by atoms with Gasteiger partial charge in [-0.05, 0) is 53.6 Å². The summed E-state index contributed by atoms with van der Waals surface area (Å²) in [6.07, 6.45) is 1.51. The number of thiophene rings is 1. The van der Waals surface area contributed by atoms with Crippen LogP contribution in [0.2, 0.25) is 0 Å². The van der Waals surface area contributed by atoms with Crippen molar-refractivity contribution in [2.75, 3.05) is 33.4 Å². The van der Waals surface area contributed by atoms with Crippen molar-refractivity contribution >= 4 is 39.1 Å². The first kappa shape index (κ1) is 23.7. The smallest absolute Gasteiger partial charge is 0.254 e. The van der Waals surface area contributed by atoms with Crippen LogP contribution in [0.4, 0.5) is 0 Å². The highest BCUT2D eigenvalue weighted by molar-refractivity contribution is 9.10. The van der Waals surface area contributed by atoms with Gasteiger partial charge in [-0.1, -0.05) is 52.3 Å². The summed E-state index contributed by atoms with van der Waals surface area (Å²) in [7, 11) is 1.64. The number of amides is 2. The minimum Gasteiger partial charge on any atom is -0.385 e. The lowest BCUT2D eigenvalue weighted by Gasteiger charge is -2.37. The molecule has 2 amide bonds. The molecule has 1 atom stereocenters. The van der Waals surface area contributed by atoms with E-state index in [9.17, 15) is 9.59 Å². The van der Waals surface area contributed by atoms with E-state index in [0.29, 0.717) is 31.7 Å². The van der Waals surface area contributed by atoms with Crippen molar-refractivity contribution in [3.05, 3.63) is 92.1 Å². The monoisotopic (exact) mass is 526 g/mol. The van der Waals surface area contributed by atoms with Gasteiger partial charge in [0.1, 0.15) is 6.54 Å². The van der Waals surface area contributed by atoms with Gasteiger partial charge in [-0.2, -0.15) is 0 Å². The van der Waals surface area contributed by atoms with Crippen LogP contribution in [0.25, 0.3) is 0 Å². The Hall–Kier alpha value is -2.48. The maximum atomic E-state index is 13.7. The van der Waals surface area contributed by atoms with Gasteiger partial charge in [0.15, 0.2) is 0 Å². The second-order valence-corrected chi connectivity index (χ2v) is 9.95. The Morgan fingerprint density at radius 3 is 2.73 bits per heavy atom. The van der Waals surface area contributed by atoms with Crippen LogP contribution < -0.4 is 0 Å². The maximum Gasteiger partial charge on any atom is 0.254 e. The number of fused-ring (bicyclic) bond motifs is 1. The quantitative estimate of drug-likeness (QED) is 0.380. The van der Waals surface area contributed by atoms with Crippen LogP contribution in [-0.2, 0) is 16.0 Å². The lowest BCUT2D eigenvalue weighted by Crippen LogP contribution is -2.47. The van der Waals surface area contributed by atoms with Crippen LogP contribution in [0.15, 0.2) is 70.5 Å². The van der Waals surface area contributed by atoms with Gasteiger partial charge in [-0.15, -0.1) is 11.3 Å². The Labute approximate surface area is 207 Å². The fraction of sp³-hybridized carbons (Fsp3) is 0.308. The molecule has 1 aliphatic heterocycles. The van der Waals surface area contributed by atoms with Crippen LogP contribution in [0, 0.1) is 0 Å². The Balaban J connectivity index is 1.59. The van der Waals surface area contributed by atoms with Gasteiger partial charge in [0.25, 0.3) is 5.91 Å². The van der Waals surface area contributed by atoms with Crippen molar-refractivity contribution in [1.82, 2.24) is 9.80 Å². The molecule has 1 aromatic heterocycles. The number of hydrogen-bond donors (Lipinski definition) is 0. The van der Waals surface area contributed by atoms with Gasteiger partial charge in [-0.25, -0.2) is 0 Å². The molecule has 7 heteroatoms. The molecule has 0 saturated carbocycles. The van der Waals surface area contributed by atoms with Crippen molar-refractivity contribution in [1.29, 1.82) is 0 Å². The summed E-state index contributed by atoms with van der Waals surface area (Å²) < 4.78 is 6.02. The average Bonchev–Trinajstić information content (AvgIpc) is 3.32. The molecule has 172 valence electrons. The summed E-state index contributed by atoms with van der Waals surface area (Å²) in [6, 6.07) is 19.4. The summed E-state index contributed by atoms with van der Waals surface area (Å²) in [5.74, 6) is -0.188. The number of halogens is 1. The highest BCUT2D eigenvalue weighted by atomic mass is 79.9. The number of carbonyl (C=O) groups excluding carboxylic acids is 2. The third-order valence-electron chi connectivity index (χ3n) is 5.86. The van der Waals surface area contributed by atoms with Crippen LogP contribution in [-0.4, -0.2) is 55.0 Å². The van der Waals surface area contributed by atoms with Crippen molar-refractivity contribution < 1.29 is 14.3 Å². The Morgan fingerprint density at radius 1 is 1.15 bits per heavy atom. The molecule has 1 unspecified atom stereocenters. The van der Waals surface area contributed by atoms with E-state index in [1.54, 1.807) is 35.5 Å². The molecule has 4 rings (SSSR count). The van der Waals surface area contributed by atoms with Gasteiger partial charge in [-0.3, -0.25) is 9.59 Å². The molecule has 0 saturated heterocycles. The number of ether oxygens (including phenoxy) is 1. The van der Waals surface area contributed by atoms with Crippen molar-refractivity contribution in [3.8, 4) is 0 Å².